The molecule has 2 N–H and O–H groups in total. The van der Waals surface area contributed by atoms with E-state index < -0.39 is 16.7 Å². The third-order valence-corrected chi connectivity index (χ3v) is 3.66. The molecule has 0 aliphatic carbocycles. The Morgan fingerprint density at radius 3 is 2.50 bits per heavy atom. The van der Waals surface area contributed by atoms with Crippen molar-refractivity contribution in [2.24, 2.45) is 5.10 Å². The average molecular weight is 395 g/mol. The highest BCUT2D eigenvalue weighted by molar-refractivity contribution is 6.32. The van der Waals surface area contributed by atoms with Gasteiger partial charge in [0.15, 0.2) is 0 Å². The highest BCUT2D eigenvalue weighted by Gasteiger charge is 2.12. The van der Waals surface area contributed by atoms with E-state index >= 15 is 0 Å². The van der Waals surface area contributed by atoms with Gasteiger partial charge in [-0.15, -0.1) is 0 Å². The molecule has 0 saturated heterocycles. The molecule has 26 heavy (non-hydrogen) atoms. The van der Waals surface area contributed by atoms with Crippen molar-refractivity contribution in [2.45, 2.75) is 0 Å². The molecule has 134 valence electrons. The number of hydrogen-bond donors (Lipinski definition) is 2. The smallest absolute Gasteiger partial charge is 0.288 e. The standard InChI is InChI=1S/C16H12Cl2N4O4/c17-12-4-2-11(3-5-12)16(24)19-9-15(23)21-20-8-10-1-6-13(18)14(7-10)22(25)26/h1-8H,9H2,(H,19,24)(H,21,23)/b20-8-. The number of amides is 2. The quantitative estimate of drug-likeness (QED) is 0.445. The first-order valence-electron chi connectivity index (χ1n) is 7.16. The second kappa shape index (κ2) is 8.93. The van der Waals surface area contributed by atoms with Gasteiger partial charge in [0.2, 0.25) is 0 Å². The second-order valence-corrected chi connectivity index (χ2v) is 5.79. The summed E-state index contributed by atoms with van der Waals surface area (Å²) in [6.45, 7) is -0.292. The largest absolute Gasteiger partial charge is 0.343 e. The van der Waals surface area contributed by atoms with Crippen molar-refractivity contribution in [3.05, 3.63) is 73.8 Å². The third-order valence-electron chi connectivity index (χ3n) is 3.09. The van der Waals surface area contributed by atoms with Gasteiger partial charge in [-0.25, -0.2) is 5.43 Å². The lowest BCUT2D eigenvalue weighted by molar-refractivity contribution is -0.384. The fourth-order valence-electron chi connectivity index (χ4n) is 1.83. The molecule has 0 unspecified atom stereocenters. The Balaban J connectivity index is 1.85. The van der Waals surface area contributed by atoms with Crippen LogP contribution in [0.5, 0.6) is 0 Å². The molecular formula is C16H12Cl2N4O4. The van der Waals surface area contributed by atoms with Crippen LogP contribution in [0.3, 0.4) is 0 Å². The topological polar surface area (TPSA) is 114 Å². The molecule has 0 atom stereocenters. The second-order valence-electron chi connectivity index (χ2n) is 4.95. The monoisotopic (exact) mass is 394 g/mol. The van der Waals surface area contributed by atoms with Crippen LogP contribution in [-0.4, -0.2) is 29.5 Å². The van der Waals surface area contributed by atoms with Crippen LogP contribution in [0.25, 0.3) is 0 Å². The maximum absolute atomic E-state index is 11.8. The summed E-state index contributed by atoms with van der Waals surface area (Å²) in [4.78, 5) is 33.7. The molecule has 0 aliphatic rings. The minimum atomic E-state index is -0.620. The predicted octanol–water partition coefficient (Wildman–Crippen LogP) is 2.78. The summed E-state index contributed by atoms with van der Waals surface area (Å²) >= 11 is 11.4. The van der Waals surface area contributed by atoms with Crippen molar-refractivity contribution in [1.82, 2.24) is 10.7 Å². The number of halogens is 2. The lowest BCUT2D eigenvalue weighted by Crippen LogP contribution is -2.34. The van der Waals surface area contributed by atoms with E-state index in [0.29, 0.717) is 16.1 Å². The number of nitrogens with one attached hydrogen (secondary N) is 2. The van der Waals surface area contributed by atoms with Crippen LogP contribution in [0.4, 0.5) is 5.69 Å². The summed E-state index contributed by atoms with van der Waals surface area (Å²) < 4.78 is 0. The van der Waals surface area contributed by atoms with Gasteiger partial charge in [0, 0.05) is 22.2 Å². The maximum Gasteiger partial charge on any atom is 0.288 e. The van der Waals surface area contributed by atoms with Crippen molar-refractivity contribution in [3.8, 4) is 0 Å². The number of benzene rings is 2. The number of rotatable bonds is 6. The van der Waals surface area contributed by atoms with Gasteiger partial charge < -0.3 is 5.32 Å². The lowest BCUT2D eigenvalue weighted by atomic mass is 10.2. The molecule has 2 amide bonds. The molecule has 2 aromatic rings. The molecular weight excluding hydrogens is 383 g/mol. The highest BCUT2D eigenvalue weighted by Crippen LogP contribution is 2.24. The van der Waals surface area contributed by atoms with Gasteiger partial charge in [0.1, 0.15) is 5.02 Å². The van der Waals surface area contributed by atoms with Crippen LogP contribution in [0, 0.1) is 10.1 Å². The number of hydrazone groups is 1. The fourth-order valence-corrected chi connectivity index (χ4v) is 2.14. The Morgan fingerprint density at radius 1 is 1.15 bits per heavy atom. The van der Waals surface area contributed by atoms with Crippen LogP contribution >= 0.6 is 23.2 Å². The van der Waals surface area contributed by atoms with Crippen LogP contribution < -0.4 is 10.7 Å². The van der Waals surface area contributed by atoms with E-state index in [4.69, 9.17) is 23.2 Å². The van der Waals surface area contributed by atoms with Crippen molar-refractivity contribution in [2.75, 3.05) is 6.54 Å². The Morgan fingerprint density at radius 2 is 1.85 bits per heavy atom. The maximum atomic E-state index is 11.8. The van der Waals surface area contributed by atoms with E-state index in [1.807, 2.05) is 0 Å². The summed E-state index contributed by atoms with van der Waals surface area (Å²) in [5.74, 6) is -0.999. The van der Waals surface area contributed by atoms with Crippen LogP contribution in [0.1, 0.15) is 15.9 Å². The summed E-state index contributed by atoms with van der Waals surface area (Å²) in [7, 11) is 0. The zero-order valence-electron chi connectivity index (χ0n) is 13.1. The van der Waals surface area contributed by atoms with Gasteiger partial charge in [-0.05, 0) is 30.3 Å². The predicted molar refractivity (Wildman–Crippen MR) is 97.6 cm³/mol. The number of nitrogens with zero attached hydrogens (tertiary/aromatic N) is 2. The minimum Gasteiger partial charge on any atom is -0.343 e. The molecule has 0 bridgehead atoms. The first-order chi connectivity index (χ1) is 12.4. The van der Waals surface area contributed by atoms with E-state index in [-0.39, 0.29) is 17.3 Å². The third kappa shape index (κ3) is 5.54. The van der Waals surface area contributed by atoms with Crippen molar-refractivity contribution < 1.29 is 14.5 Å². The molecule has 8 nitrogen and oxygen atoms in total. The summed E-state index contributed by atoms with van der Waals surface area (Å²) in [5.41, 5.74) is 2.68. The minimum absolute atomic E-state index is 0.00102. The Hall–Kier alpha value is -2.97. The molecule has 0 radical (unpaired) electrons. The number of nitro benzene ring substituents is 1. The van der Waals surface area contributed by atoms with E-state index in [1.54, 1.807) is 12.1 Å². The van der Waals surface area contributed by atoms with E-state index in [0.717, 1.165) is 0 Å². The first-order valence-corrected chi connectivity index (χ1v) is 7.92. The van der Waals surface area contributed by atoms with E-state index in [2.05, 4.69) is 15.8 Å². The zero-order chi connectivity index (χ0) is 19.1. The van der Waals surface area contributed by atoms with E-state index in [9.17, 15) is 19.7 Å². The van der Waals surface area contributed by atoms with Crippen molar-refractivity contribution in [3.63, 3.8) is 0 Å². The SMILES string of the molecule is O=C(CNC(=O)c1ccc(Cl)cc1)N/N=C\c1ccc(Cl)c([N+](=O)[O-])c1. The van der Waals surface area contributed by atoms with Crippen LogP contribution in [0.15, 0.2) is 47.6 Å². The van der Waals surface area contributed by atoms with Gasteiger partial charge in [-0.2, -0.15) is 5.10 Å². The van der Waals surface area contributed by atoms with Gasteiger partial charge in [0.25, 0.3) is 17.5 Å². The Labute approximate surface area is 157 Å². The molecule has 10 heteroatoms. The van der Waals surface area contributed by atoms with Gasteiger partial charge in [-0.3, -0.25) is 19.7 Å². The molecule has 0 fully saturated rings. The number of carbonyl (C=O) groups excluding carboxylic acids is 2. The first kappa shape index (κ1) is 19.4. The highest BCUT2D eigenvalue weighted by atomic mass is 35.5. The summed E-state index contributed by atoms with van der Waals surface area (Å²) in [5, 5.41) is 17.4. The molecule has 2 rings (SSSR count). The van der Waals surface area contributed by atoms with Crippen molar-refractivity contribution in [1.29, 1.82) is 0 Å². The molecule has 0 saturated carbocycles. The Bertz CT molecular complexity index is 869. The number of nitro groups is 1. The molecule has 0 aliphatic heterocycles. The van der Waals surface area contributed by atoms with Crippen molar-refractivity contribution >= 4 is 46.9 Å². The summed E-state index contributed by atoms with van der Waals surface area (Å²) in [6, 6.07) is 10.3. The van der Waals surface area contributed by atoms with Crippen LogP contribution in [-0.2, 0) is 4.79 Å². The van der Waals surface area contributed by atoms with E-state index in [1.165, 1.54) is 36.5 Å². The normalized spacial score (nSPS) is 10.5. The van der Waals surface area contributed by atoms with Crippen LogP contribution in [0.2, 0.25) is 10.0 Å². The Kier molecular flexibility index (Phi) is 6.65. The molecule has 0 aromatic heterocycles. The van der Waals surface area contributed by atoms with Gasteiger partial charge in [-0.1, -0.05) is 29.3 Å². The van der Waals surface area contributed by atoms with Gasteiger partial charge >= 0.3 is 0 Å². The lowest BCUT2D eigenvalue weighted by Gasteiger charge is -2.04. The average Bonchev–Trinajstić information content (AvgIpc) is 2.61. The van der Waals surface area contributed by atoms with Gasteiger partial charge in [0.05, 0.1) is 17.7 Å². The fraction of sp³-hybridized carbons (Fsp3) is 0.0625. The zero-order valence-corrected chi connectivity index (χ0v) is 14.6. The molecule has 2 aromatic carbocycles. The molecule has 0 heterocycles. The molecule has 0 spiro atoms. The summed E-state index contributed by atoms with van der Waals surface area (Å²) in [6.07, 6.45) is 1.22. The number of hydrogen-bond acceptors (Lipinski definition) is 5. The number of carbonyl (C=O) groups is 2.